The summed E-state index contributed by atoms with van der Waals surface area (Å²) in [5.41, 5.74) is 1.34. The molecule has 146 valence electrons. The second-order valence-corrected chi connectivity index (χ2v) is 6.78. The Kier molecular flexibility index (Phi) is 9.23. The normalized spacial score (nSPS) is 12.4. The summed E-state index contributed by atoms with van der Waals surface area (Å²) in [7, 11) is 0. The van der Waals surface area contributed by atoms with Gasteiger partial charge >= 0.3 is 0 Å². The lowest BCUT2D eigenvalue weighted by Gasteiger charge is -2.17. The van der Waals surface area contributed by atoms with Gasteiger partial charge in [-0.25, -0.2) is 0 Å². The van der Waals surface area contributed by atoms with Crippen LogP contribution in [0.3, 0.4) is 0 Å². The molecule has 1 aromatic carbocycles. The maximum absolute atomic E-state index is 11.9. The van der Waals surface area contributed by atoms with E-state index >= 15 is 0 Å². The summed E-state index contributed by atoms with van der Waals surface area (Å²) in [6, 6.07) is 4.85. The highest BCUT2D eigenvalue weighted by atomic mass is 16.6. The largest absolute Gasteiger partial charge is 0.379 e. The SMILES string of the molecule is CC(C)OCCCC(=O)NCc1ccc([N+](=O)[O-])c(C(C)OC(C)C)c1. The van der Waals surface area contributed by atoms with E-state index in [9.17, 15) is 14.9 Å². The topological polar surface area (TPSA) is 90.7 Å². The highest BCUT2D eigenvalue weighted by Crippen LogP contribution is 2.29. The number of carbonyl (C=O) groups is 1. The quantitative estimate of drug-likeness (QED) is 0.364. The third kappa shape index (κ3) is 7.93. The second-order valence-electron chi connectivity index (χ2n) is 6.78. The molecular formula is C19H30N2O5. The molecule has 0 bridgehead atoms. The van der Waals surface area contributed by atoms with E-state index in [1.165, 1.54) is 6.07 Å². The smallest absolute Gasteiger partial charge is 0.275 e. The van der Waals surface area contributed by atoms with Crippen molar-refractivity contribution in [2.24, 2.45) is 0 Å². The zero-order valence-corrected chi connectivity index (χ0v) is 16.3. The van der Waals surface area contributed by atoms with E-state index in [4.69, 9.17) is 9.47 Å². The molecule has 1 unspecified atom stereocenters. The van der Waals surface area contributed by atoms with Crippen molar-refractivity contribution in [3.8, 4) is 0 Å². The minimum atomic E-state index is -0.410. The van der Waals surface area contributed by atoms with Crippen molar-refractivity contribution in [2.75, 3.05) is 6.61 Å². The number of amides is 1. The van der Waals surface area contributed by atoms with Crippen LogP contribution in [0.5, 0.6) is 0 Å². The number of carbonyl (C=O) groups excluding carboxylic acids is 1. The van der Waals surface area contributed by atoms with Gasteiger partial charge in [0.1, 0.15) is 0 Å². The number of nitrogens with zero attached hydrogens (tertiary/aromatic N) is 1. The Bertz CT molecular complexity index is 602. The molecule has 1 atom stereocenters. The Morgan fingerprint density at radius 1 is 1.19 bits per heavy atom. The Morgan fingerprint density at radius 3 is 2.46 bits per heavy atom. The van der Waals surface area contributed by atoms with Crippen LogP contribution < -0.4 is 5.32 Å². The first-order chi connectivity index (χ1) is 12.2. The number of nitro groups is 1. The average Bonchev–Trinajstić information content (AvgIpc) is 2.55. The van der Waals surface area contributed by atoms with E-state index in [1.54, 1.807) is 19.1 Å². The van der Waals surface area contributed by atoms with Crippen LogP contribution in [0, 0.1) is 10.1 Å². The monoisotopic (exact) mass is 366 g/mol. The predicted octanol–water partition coefficient (Wildman–Crippen LogP) is 3.90. The van der Waals surface area contributed by atoms with Gasteiger partial charge in [-0.1, -0.05) is 6.07 Å². The second kappa shape index (κ2) is 10.9. The third-order valence-electron chi connectivity index (χ3n) is 3.69. The van der Waals surface area contributed by atoms with Crippen molar-refractivity contribution in [1.82, 2.24) is 5.32 Å². The molecule has 0 saturated heterocycles. The van der Waals surface area contributed by atoms with Crippen LogP contribution in [0.1, 0.15) is 64.7 Å². The standard InChI is InChI=1S/C19H30N2O5/c1-13(2)25-10-6-7-19(22)20-12-16-8-9-18(21(23)24)17(11-16)15(5)26-14(3)4/h8-9,11,13-15H,6-7,10,12H2,1-5H3,(H,20,22). The third-order valence-corrected chi connectivity index (χ3v) is 3.69. The molecule has 0 heterocycles. The van der Waals surface area contributed by atoms with E-state index in [1.807, 2.05) is 27.7 Å². The van der Waals surface area contributed by atoms with Crippen LogP contribution in [0.25, 0.3) is 0 Å². The zero-order valence-electron chi connectivity index (χ0n) is 16.3. The molecule has 1 rings (SSSR count). The van der Waals surface area contributed by atoms with Gasteiger partial charge in [-0.2, -0.15) is 0 Å². The molecule has 1 amide bonds. The van der Waals surface area contributed by atoms with Gasteiger partial charge in [-0.3, -0.25) is 14.9 Å². The summed E-state index contributed by atoms with van der Waals surface area (Å²) < 4.78 is 11.1. The van der Waals surface area contributed by atoms with E-state index in [2.05, 4.69) is 5.32 Å². The van der Waals surface area contributed by atoms with Gasteiger partial charge in [0.25, 0.3) is 5.69 Å². The lowest BCUT2D eigenvalue weighted by atomic mass is 10.0. The average molecular weight is 366 g/mol. The molecule has 7 nitrogen and oxygen atoms in total. The van der Waals surface area contributed by atoms with E-state index in [0.29, 0.717) is 31.6 Å². The molecule has 0 radical (unpaired) electrons. The Balaban J connectivity index is 2.67. The first-order valence-corrected chi connectivity index (χ1v) is 9.01. The molecule has 0 fully saturated rings. The van der Waals surface area contributed by atoms with Crippen molar-refractivity contribution in [2.45, 2.75) is 72.3 Å². The number of hydrogen-bond acceptors (Lipinski definition) is 5. The molecule has 7 heteroatoms. The summed E-state index contributed by atoms with van der Waals surface area (Å²) in [5.74, 6) is -0.0660. The van der Waals surface area contributed by atoms with Crippen LogP contribution in [-0.2, 0) is 20.8 Å². The Hall–Kier alpha value is -1.99. The Morgan fingerprint density at radius 2 is 1.88 bits per heavy atom. The fourth-order valence-electron chi connectivity index (χ4n) is 2.53. The molecule has 0 saturated carbocycles. The lowest BCUT2D eigenvalue weighted by Crippen LogP contribution is -2.23. The first-order valence-electron chi connectivity index (χ1n) is 9.01. The fourth-order valence-corrected chi connectivity index (χ4v) is 2.53. The van der Waals surface area contributed by atoms with Gasteiger partial charge in [0.2, 0.25) is 5.91 Å². The minimum Gasteiger partial charge on any atom is -0.379 e. The van der Waals surface area contributed by atoms with Crippen LogP contribution in [0.15, 0.2) is 18.2 Å². The van der Waals surface area contributed by atoms with Crippen LogP contribution >= 0.6 is 0 Å². The summed E-state index contributed by atoms with van der Waals surface area (Å²) in [6.07, 6.45) is 0.765. The summed E-state index contributed by atoms with van der Waals surface area (Å²) in [6.45, 7) is 10.3. The van der Waals surface area contributed by atoms with Crippen LogP contribution in [-0.4, -0.2) is 29.6 Å². The van der Waals surface area contributed by atoms with E-state index in [-0.39, 0.29) is 23.8 Å². The summed E-state index contributed by atoms with van der Waals surface area (Å²) in [5, 5.41) is 14.1. The van der Waals surface area contributed by atoms with E-state index < -0.39 is 11.0 Å². The number of nitro benzene ring substituents is 1. The number of rotatable bonds is 11. The summed E-state index contributed by atoms with van der Waals surface area (Å²) in [4.78, 5) is 22.7. The first kappa shape index (κ1) is 22.1. The molecule has 1 aromatic rings. The number of hydrogen-bond donors (Lipinski definition) is 1. The van der Waals surface area contributed by atoms with Crippen molar-refractivity contribution in [3.63, 3.8) is 0 Å². The molecule has 1 N–H and O–H groups in total. The maximum Gasteiger partial charge on any atom is 0.275 e. The van der Waals surface area contributed by atoms with Gasteiger partial charge in [-0.05, 0) is 52.7 Å². The van der Waals surface area contributed by atoms with Crippen molar-refractivity contribution in [1.29, 1.82) is 0 Å². The number of benzene rings is 1. The van der Waals surface area contributed by atoms with Crippen molar-refractivity contribution < 1.29 is 19.2 Å². The number of nitrogens with one attached hydrogen (secondary N) is 1. The maximum atomic E-state index is 11.9. The number of ether oxygens (including phenoxy) is 2. The van der Waals surface area contributed by atoms with Crippen LogP contribution in [0.2, 0.25) is 0 Å². The molecular weight excluding hydrogens is 336 g/mol. The minimum absolute atomic E-state index is 0.0269. The van der Waals surface area contributed by atoms with Gasteiger partial charge < -0.3 is 14.8 Å². The molecule has 26 heavy (non-hydrogen) atoms. The highest BCUT2D eigenvalue weighted by molar-refractivity contribution is 5.75. The zero-order chi connectivity index (χ0) is 19.7. The molecule has 0 aromatic heterocycles. The molecule has 0 aliphatic rings. The fraction of sp³-hybridized carbons (Fsp3) is 0.632. The molecule has 0 aliphatic heterocycles. The van der Waals surface area contributed by atoms with Gasteiger partial charge in [-0.15, -0.1) is 0 Å². The van der Waals surface area contributed by atoms with Crippen molar-refractivity contribution in [3.05, 3.63) is 39.4 Å². The highest BCUT2D eigenvalue weighted by Gasteiger charge is 2.21. The van der Waals surface area contributed by atoms with Crippen molar-refractivity contribution >= 4 is 11.6 Å². The molecule has 0 aliphatic carbocycles. The summed E-state index contributed by atoms with van der Waals surface area (Å²) >= 11 is 0. The van der Waals surface area contributed by atoms with Gasteiger partial charge in [0, 0.05) is 25.6 Å². The molecule has 0 spiro atoms. The predicted molar refractivity (Wildman–Crippen MR) is 99.9 cm³/mol. The lowest BCUT2D eigenvalue weighted by molar-refractivity contribution is -0.386. The Labute approximate surface area is 155 Å². The van der Waals surface area contributed by atoms with E-state index in [0.717, 1.165) is 5.56 Å². The van der Waals surface area contributed by atoms with Gasteiger partial charge in [0.05, 0.1) is 28.8 Å². The van der Waals surface area contributed by atoms with Crippen LogP contribution in [0.4, 0.5) is 5.69 Å². The van der Waals surface area contributed by atoms with Gasteiger partial charge in [0.15, 0.2) is 0 Å².